The van der Waals surface area contributed by atoms with E-state index in [1.165, 1.54) is 0 Å². The van der Waals surface area contributed by atoms with Crippen LogP contribution in [0, 0.1) is 0 Å². The molecule has 0 saturated heterocycles. The Bertz CT molecular complexity index is 258. The van der Waals surface area contributed by atoms with E-state index in [0.717, 1.165) is 30.4 Å². The Morgan fingerprint density at radius 1 is 1.43 bits per heavy atom. The van der Waals surface area contributed by atoms with Crippen molar-refractivity contribution in [2.24, 2.45) is 0 Å². The van der Waals surface area contributed by atoms with Crippen LogP contribution in [0.1, 0.15) is 19.5 Å². The molecule has 4 heteroatoms. The van der Waals surface area contributed by atoms with Crippen molar-refractivity contribution in [1.82, 2.24) is 15.6 Å². The molecule has 0 atom stereocenters. The first-order chi connectivity index (χ1) is 6.68. The molecule has 0 unspecified atom stereocenters. The van der Waals surface area contributed by atoms with Gasteiger partial charge in [-0.1, -0.05) is 25.4 Å². The van der Waals surface area contributed by atoms with E-state index in [4.69, 9.17) is 11.6 Å². The van der Waals surface area contributed by atoms with Crippen molar-refractivity contribution >= 4 is 11.6 Å². The van der Waals surface area contributed by atoms with Gasteiger partial charge < -0.3 is 15.6 Å². The zero-order chi connectivity index (χ0) is 10.4. The lowest BCUT2D eigenvalue weighted by atomic mass is 10.4. The van der Waals surface area contributed by atoms with E-state index in [0.29, 0.717) is 6.04 Å². The van der Waals surface area contributed by atoms with Crippen LogP contribution in [-0.2, 0) is 6.54 Å². The molecule has 0 aliphatic heterocycles. The summed E-state index contributed by atoms with van der Waals surface area (Å²) < 4.78 is 0. The molecule has 0 aliphatic rings. The summed E-state index contributed by atoms with van der Waals surface area (Å²) in [4.78, 5) is 3.09. The number of halogens is 1. The van der Waals surface area contributed by atoms with E-state index in [1.807, 2.05) is 6.07 Å². The van der Waals surface area contributed by atoms with Crippen LogP contribution in [0.4, 0.5) is 0 Å². The monoisotopic (exact) mass is 215 g/mol. The van der Waals surface area contributed by atoms with E-state index >= 15 is 0 Å². The van der Waals surface area contributed by atoms with Crippen LogP contribution in [0.2, 0.25) is 5.02 Å². The van der Waals surface area contributed by atoms with Crippen molar-refractivity contribution < 1.29 is 0 Å². The third-order valence-corrected chi connectivity index (χ3v) is 2.10. The Morgan fingerprint density at radius 2 is 2.21 bits per heavy atom. The van der Waals surface area contributed by atoms with Crippen LogP contribution in [-0.4, -0.2) is 24.1 Å². The standard InChI is InChI=1S/C10H18ClN3/c1-8(2)13-4-3-12-7-10-5-9(11)6-14-10/h5-6,8,12-14H,3-4,7H2,1-2H3. The molecule has 0 bridgehead atoms. The zero-order valence-electron chi connectivity index (χ0n) is 8.73. The highest BCUT2D eigenvalue weighted by Gasteiger charge is 1.96. The zero-order valence-corrected chi connectivity index (χ0v) is 9.49. The fourth-order valence-electron chi connectivity index (χ4n) is 1.19. The van der Waals surface area contributed by atoms with Gasteiger partial charge in [0, 0.05) is 37.6 Å². The van der Waals surface area contributed by atoms with Gasteiger partial charge in [-0.25, -0.2) is 0 Å². The van der Waals surface area contributed by atoms with Gasteiger partial charge in [0.15, 0.2) is 0 Å². The number of nitrogens with one attached hydrogen (secondary N) is 3. The Kier molecular flexibility index (Phi) is 5.01. The number of aromatic nitrogens is 1. The second-order valence-electron chi connectivity index (χ2n) is 3.63. The van der Waals surface area contributed by atoms with Gasteiger partial charge in [0.2, 0.25) is 0 Å². The smallest absolute Gasteiger partial charge is 0.0583 e. The largest absolute Gasteiger partial charge is 0.363 e. The van der Waals surface area contributed by atoms with Gasteiger partial charge in [0.25, 0.3) is 0 Å². The van der Waals surface area contributed by atoms with E-state index in [1.54, 1.807) is 6.20 Å². The van der Waals surface area contributed by atoms with Crippen molar-refractivity contribution in [3.05, 3.63) is 23.0 Å². The van der Waals surface area contributed by atoms with Crippen LogP contribution in [0.3, 0.4) is 0 Å². The second kappa shape index (κ2) is 6.06. The first kappa shape index (κ1) is 11.6. The summed E-state index contributed by atoms with van der Waals surface area (Å²) >= 11 is 5.77. The highest BCUT2D eigenvalue weighted by molar-refractivity contribution is 6.30. The molecule has 1 heterocycles. The SMILES string of the molecule is CC(C)NCCNCc1cc(Cl)c[nH]1. The molecule has 0 saturated carbocycles. The average molecular weight is 216 g/mol. The van der Waals surface area contributed by atoms with Crippen molar-refractivity contribution in [3.8, 4) is 0 Å². The summed E-state index contributed by atoms with van der Waals surface area (Å²) in [7, 11) is 0. The molecule has 1 aromatic rings. The predicted molar refractivity (Wildman–Crippen MR) is 60.6 cm³/mol. The van der Waals surface area contributed by atoms with Gasteiger partial charge in [-0.15, -0.1) is 0 Å². The number of aromatic amines is 1. The first-order valence-electron chi connectivity index (χ1n) is 4.95. The molecule has 80 valence electrons. The highest BCUT2D eigenvalue weighted by atomic mass is 35.5. The topological polar surface area (TPSA) is 39.8 Å². The maximum Gasteiger partial charge on any atom is 0.0583 e. The fourth-order valence-corrected chi connectivity index (χ4v) is 1.37. The first-order valence-corrected chi connectivity index (χ1v) is 5.33. The van der Waals surface area contributed by atoms with E-state index < -0.39 is 0 Å². The van der Waals surface area contributed by atoms with Crippen LogP contribution < -0.4 is 10.6 Å². The van der Waals surface area contributed by atoms with Gasteiger partial charge >= 0.3 is 0 Å². The molecular weight excluding hydrogens is 198 g/mol. The summed E-state index contributed by atoms with van der Waals surface area (Å²) in [5, 5.41) is 7.42. The Balaban J connectivity index is 2.04. The Morgan fingerprint density at radius 3 is 2.79 bits per heavy atom. The Labute approximate surface area is 90.2 Å². The number of H-pyrrole nitrogens is 1. The molecule has 0 aromatic carbocycles. The minimum Gasteiger partial charge on any atom is -0.363 e. The molecule has 14 heavy (non-hydrogen) atoms. The van der Waals surface area contributed by atoms with Crippen LogP contribution in [0.15, 0.2) is 12.3 Å². The van der Waals surface area contributed by atoms with Crippen molar-refractivity contribution in [2.45, 2.75) is 26.4 Å². The number of hydrogen-bond donors (Lipinski definition) is 3. The summed E-state index contributed by atoms with van der Waals surface area (Å²) in [5.74, 6) is 0. The number of rotatable bonds is 6. The van der Waals surface area contributed by atoms with Crippen LogP contribution in [0.5, 0.6) is 0 Å². The van der Waals surface area contributed by atoms with Gasteiger partial charge in [-0.2, -0.15) is 0 Å². The van der Waals surface area contributed by atoms with E-state index in [2.05, 4.69) is 29.5 Å². The van der Waals surface area contributed by atoms with Crippen molar-refractivity contribution in [2.75, 3.05) is 13.1 Å². The predicted octanol–water partition coefficient (Wildman–Crippen LogP) is 1.76. The molecule has 0 amide bonds. The summed E-state index contributed by atoms with van der Waals surface area (Å²) in [6.45, 7) is 7.09. The third kappa shape index (κ3) is 4.65. The van der Waals surface area contributed by atoms with Crippen LogP contribution >= 0.6 is 11.6 Å². The van der Waals surface area contributed by atoms with Crippen LogP contribution in [0.25, 0.3) is 0 Å². The quantitative estimate of drug-likeness (QED) is 0.633. The molecule has 0 fully saturated rings. The maximum atomic E-state index is 5.77. The molecule has 1 aromatic heterocycles. The molecule has 0 aliphatic carbocycles. The lowest BCUT2D eigenvalue weighted by Gasteiger charge is -2.08. The maximum absolute atomic E-state index is 5.77. The molecule has 3 N–H and O–H groups in total. The van der Waals surface area contributed by atoms with Gasteiger partial charge in [-0.3, -0.25) is 0 Å². The van der Waals surface area contributed by atoms with Gasteiger partial charge in [0.1, 0.15) is 0 Å². The highest BCUT2D eigenvalue weighted by Crippen LogP contribution is 2.08. The normalized spacial score (nSPS) is 11.1. The minimum absolute atomic E-state index is 0.553. The van der Waals surface area contributed by atoms with Crippen molar-refractivity contribution in [3.63, 3.8) is 0 Å². The average Bonchev–Trinajstić information content (AvgIpc) is 2.50. The summed E-state index contributed by atoms with van der Waals surface area (Å²) in [5.41, 5.74) is 1.12. The summed E-state index contributed by atoms with van der Waals surface area (Å²) in [6.07, 6.45) is 1.80. The fraction of sp³-hybridized carbons (Fsp3) is 0.600. The second-order valence-corrected chi connectivity index (χ2v) is 4.07. The summed E-state index contributed by atoms with van der Waals surface area (Å²) in [6, 6.07) is 2.49. The number of hydrogen-bond acceptors (Lipinski definition) is 2. The van der Waals surface area contributed by atoms with E-state index in [9.17, 15) is 0 Å². The van der Waals surface area contributed by atoms with Gasteiger partial charge in [-0.05, 0) is 6.07 Å². The molecule has 1 rings (SSSR count). The molecule has 3 nitrogen and oxygen atoms in total. The minimum atomic E-state index is 0.553. The lowest BCUT2D eigenvalue weighted by molar-refractivity contribution is 0.554. The van der Waals surface area contributed by atoms with E-state index in [-0.39, 0.29) is 0 Å². The lowest BCUT2D eigenvalue weighted by Crippen LogP contribution is -2.31. The van der Waals surface area contributed by atoms with Gasteiger partial charge in [0.05, 0.1) is 5.02 Å². The van der Waals surface area contributed by atoms with Crippen molar-refractivity contribution in [1.29, 1.82) is 0 Å². The molecule has 0 radical (unpaired) electrons. The molecule has 0 spiro atoms. The Hall–Kier alpha value is -0.510. The third-order valence-electron chi connectivity index (χ3n) is 1.88. The molecular formula is C10H18ClN3.